The van der Waals surface area contributed by atoms with E-state index in [9.17, 15) is 9.59 Å². The van der Waals surface area contributed by atoms with Crippen LogP contribution >= 0.6 is 0 Å². The van der Waals surface area contributed by atoms with Crippen molar-refractivity contribution in [3.8, 4) is 0 Å². The lowest BCUT2D eigenvalue weighted by Crippen LogP contribution is -2.05. The lowest BCUT2D eigenvalue weighted by atomic mass is 10.1. The Balaban J connectivity index is 3.20. The molecule has 0 aromatic heterocycles. The molecule has 0 aromatic rings. The van der Waals surface area contributed by atoms with Gasteiger partial charge in [0.25, 0.3) is 0 Å². The van der Waals surface area contributed by atoms with Crippen molar-refractivity contribution < 1.29 is 19.1 Å². The third-order valence-corrected chi connectivity index (χ3v) is 5.33. The highest BCUT2D eigenvalue weighted by Gasteiger charge is 2.03. The SMILES string of the molecule is CCCCCCCCCCCCCOC(=O)CCCCCCCCC(=O)OCC. The number of rotatable bonds is 22. The third kappa shape index (κ3) is 23.1. The standard InChI is InChI=1S/C25H48O4/c1-3-5-6-7-8-9-10-11-14-17-20-23-29-25(27)22-19-16-13-12-15-18-21-24(26)28-4-2/h3-23H2,1-2H3. The highest BCUT2D eigenvalue weighted by Crippen LogP contribution is 2.12. The molecule has 0 aliphatic carbocycles. The predicted molar refractivity (Wildman–Crippen MR) is 121 cm³/mol. The van der Waals surface area contributed by atoms with Crippen LogP contribution < -0.4 is 0 Å². The van der Waals surface area contributed by atoms with Gasteiger partial charge in [-0.05, 0) is 26.2 Å². The van der Waals surface area contributed by atoms with Gasteiger partial charge in [0.1, 0.15) is 0 Å². The van der Waals surface area contributed by atoms with E-state index in [4.69, 9.17) is 9.47 Å². The summed E-state index contributed by atoms with van der Waals surface area (Å²) in [5.41, 5.74) is 0. The van der Waals surface area contributed by atoms with Crippen molar-refractivity contribution >= 4 is 11.9 Å². The summed E-state index contributed by atoms with van der Waals surface area (Å²) >= 11 is 0. The van der Waals surface area contributed by atoms with Gasteiger partial charge in [0.2, 0.25) is 0 Å². The predicted octanol–water partition coefficient (Wildman–Crippen LogP) is 7.52. The summed E-state index contributed by atoms with van der Waals surface area (Å²) in [6, 6.07) is 0. The molecule has 0 unspecified atom stereocenters. The second kappa shape index (κ2) is 23.2. The van der Waals surface area contributed by atoms with E-state index in [0.717, 1.165) is 44.9 Å². The van der Waals surface area contributed by atoms with Crippen LogP contribution in [0.25, 0.3) is 0 Å². The lowest BCUT2D eigenvalue weighted by molar-refractivity contribution is -0.144. The van der Waals surface area contributed by atoms with Crippen LogP contribution in [0.5, 0.6) is 0 Å². The summed E-state index contributed by atoms with van der Waals surface area (Å²) in [6.07, 6.45) is 21.7. The largest absolute Gasteiger partial charge is 0.466 e. The molecule has 0 aliphatic rings. The van der Waals surface area contributed by atoms with Gasteiger partial charge in [-0.15, -0.1) is 0 Å². The van der Waals surface area contributed by atoms with Crippen LogP contribution in [0, 0.1) is 0 Å². The minimum absolute atomic E-state index is 0.0422. The van der Waals surface area contributed by atoms with Gasteiger partial charge in [0, 0.05) is 12.8 Å². The summed E-state index contributed by atoms with van der Waals surface area (Å²) in [4.78, 5) is 22.9. The second-order valence-electron chi connectivity index (χ2n) is 8.18. The quantitative estimate of drug-likeness (QED) is 0.136. The van der Waals surface area contributed by atoms with E-state index in [1.54, 1.807) is 0 Å². The number of hydrogen-bond donors (Lipinski definition) is 0. The van der Waals surface area contributed by atoms with Crippen molar-refractivity contribution in [2.24, 2.45) is 0 Å². The van der Waals surface area contributed by atoms with E-state index in [0.29, 0.717) is 26.1 Å². The maximum absolute atomic E-state index is 11.7. The van der Waals surface area contributed by atoms with E-state index in [2.05, 4.69) is 6.92 Å². The van der Waals surface area contributed by atoms with Gasteiger partial charge in [0.05, 0.1) is 13.2 Å². The number of carbonyl (C=O) groups is 2. The van der Waals surface area contributed by atoms with Crippen molar-refractivity contribution in [1.82, 2.24) is 0 Å². The molecular weight excluding hydrogens is 364 g/mol. The molecule has 0 N–H and O–H groups in total. The minimum Gasteiger partial charge on any atom is -0.466 e. The van der Waals surface area contributed by atoms with E-state index in [1.165, 1.54) is 64.2 Å². The molecule has 172 valence electrons. The fourth-order valence-electron chi connectivity index (χ4n) is 3.50. The Hall–Kier alpha value is -1.06. The average Bonchev–Trinajstić information content (AvgIpc) is 2.71. The Kier molecular flexibility index (Phi) is 22.4. The number of unbranched alkanes of at least 4 members (excludes halogenated alkanes) is 15. The monoisotopic (exact) mass is 412 g/mol. The van der Waals surface area contributed by atoms with Gasteiger partial charge in [-0.25, -0.2) is 0 Å². The first kappa shape index (κ1) is 27.9. The summed E-state index contributed by atoms with van der Waals surface area (Å²) in [5, 5.41) is 0. The zero-order valence-corrected chi connectivity index (χ0v) is 19.5. The second-order valence-corrected chi connectivity index (χ2v) is 8.18. The summed E-state index contributed by atoms with van der Waals surface area (Å²) < 4.78 is 10.2. The average molecular weight is 413 g/mol. The topological polar surface area (TPSA) is 52.6 Å². The van der Waals surface area contributed by atoms with Gasteiger partial charge >= 0.3 is 11.9 Å². The zero-order chi connectivity index (χ0) is 21.4. The molecule has 4 heteroatoms. The molecule has 0 aliphatic heterocycles. The zero-order valence-electron chi connectivity index (χ0n) is 19.5. The molecule has 0 saturated heterocycles. The van der Waals surface area contributed by atoms with E-state index >= 15 is 0 Å². The summed E-state index contributed by atoms with van der Waals surface area (Å²) in [7, 11) is 0. The van der Waals surface area contributed by atoms with Crippen LogP contribution in [0.1, 0.15) is 136 Å². The van der Waals surface area contributed by atoms with Gasteiger partial charge in [-0.2, -0.15) is 0 Å². The van der Waals surface area contributed by atoms with Gasteiger partial charge < -0.3 is 9.47 Å². The van der Waals surface area contributed by atoms with E-state index < -0.39 is 0 Å². The van der Waals surface area contributed by atoms with E-state index in [1.807, 2.05) is 6.92 Å². The van der Waals surface area contributed by atoms with Crippen LogP contribution in [0.3, 0.4) is 0 Å². The van der Waals surface area contributed by atoms with Crippen molar-refractivity contribution in [1.29, 1.82) is 0 Å². The molecule has 29 heavy (non-hydrogen) atoms. The number of esters is 2. The highest BCUT2D eigenvalue weighted by molar-refractivity contribution is 5.69. The normalized spacial score (nSPS) is 10.8. The molecule has 0 spiro atoms. The van der Waals surface area contributed by atoms with Gasteiger partial charge in [-0.3, -0.25) is 9.59 Å². The van der Waals surface area contributed by atoms with Gasteiger partial charge in [-0.1, -0.05) is 96.8 Å². The third-order valence-electron chi connectivity index (χ3n) is 5.33. The fourth-order valence-corrected chi connectivity index (χ4v) is 3.50. The van der Waals surface area contributed by atoms with Crippen LogP contribution in [0.4, 0.5) is 0 Å². The Morgan fingerprint density at radius 3 is 1.31 bits per heavy atom. The van der Waals surface area contributed by atoms with Crippen LogP contribution in [0.15, 0.2) is 0 Å². The molecule has 0 fully saturated rings. The van der Waals surface area contributed by atoms with Crippen LogP contribution in [0.2, 0.25) is 0 Å². The van der Waals surface area contributed by atoms with Crippen molar-refractivity contribution in [3.05, 3.63) is 0 Å². The first-order valence-electron chi connectivity index (χ1n) is 12.5. The molecule has 0 radical (unpaired) electrons. The summed E-state index contributed by atoms with van der Waals surface area (Å²) in [6.45, 7) is 5.15. The molecule has 0 bridgehead atoms. The smallest absolute Gasteiger partial charge is 0.305 e. The Morgan fingerprint density at radius 2 is 0.862 bits per heavy atom. The minimum atomic E-state index is -0.0898. The van der Waals surface area contributed by atoms with Crippen LogP contribution in [-0.4, -0.2) is 25.2 Å². The number of hydrogen-bond acceptors (Lipinski definition) is 4. The van der Waals surface area contributed by atoms with Crippen molar-refractivity contribution in [2.45, 2.75) is 136 Å². The Morgan fingerprint density at radius 1 is 0.483 bits per heavy atom. The fraction of sp³-hybridized carbons (Fsp3) is 0.920. The van der Waals surface area contributed by atoms with Crippen molar-refractivity contribution in [2.75, 3.05) is 13.2 Å². The van der Waals surface area contributed by atoms with Crippen molar-refractivity contribution in [3.63, 3.8) is 0 Å². The molecule has 0 aromatic carbocycles. The molecule has 0 saturated carbocycles. The molecule has 0 rings (SSSR count). The highest BCUT2D eigenvalue weighted by atomic mass is 16.5. The van der Waals surface area contributed by atoms with E-state index in [-0.39, 0.29) is 11.9 Å². The lowest BCUT2D eigenvalue weighted by Gasteiger charge is -2.06. The number of ether oxygens (including phenoxy) is 2. The maximum atomic E-state index is 11.7. The van der Waals surface area contributed by atoms with Crippen LogP contribution in [-0.2, 0) is 19.1 Å². The molecule has 0 amide bonds. The van der Waals surface area contributed by atoms with Gasteiger partial charge in [0.15, 0.2) is 0 Å². The summed E-state index contributed by atoms with van der Waals surface area (Å²) in [5.74, 6) is -0.132. The Bertz CT molecular complexity index is 368. The molecule has 4 nitrogen and oxygen atoms in total. The molecular formula is C25H48O4. The maximum Gasteiger partial charge on any atom is 0.305 e. The Labute approximate surface area is 180 Å². The molecule has 0 atom stereocenters. The molecule has 0 heterocycles. The first-order chi connectivity index (χ1) is 14.2. The first-order valence-corrected chi connectivity index (χ1v) is 12.5. The number of carbonyl (C=O) groups excluding carboxylic acids is 2.